The van der Waals surface area contributed by atoms with Crippen molar-refractivity contribution in [3.63, 3.8) is 0 Å². The van der Waals surface area contributed by atoms with Crippen molar-refractivity contribution in [1.82, 2.24) is 4.57 Å². The Balaban J connectivity index is 1.92. The first kappa shape index (κ1) is 18.5. The van der Waals surface area contributed by atoms with E-state index in [1.165, 1.54) is 7.11 Å². The Morgan fingerprint density at radius 2 is 1.96 bits per heavy atom. The minimum absolute atomic E-state index is 0.0368. The second-order valence-corrected chi connectivity index (χ2v) is 6.17. The van der Waals surface area contributed by atoms with Crippen LogP contribution in [0.5, 0.6) is 0 Å². The van der Waals surface area contributed by atoms with Crippen LogP contribution in [0.4, 0.5) is 5.69 Å². The van der Waals surface area contributed by atoms with Gasteiger partial charge in [-0.15, -0.1) is 0 Å². The number of methoxy groups -OCH3 is 1. The van der Waals surface area contributed by atoms with Gasteiger partial charge in [-0.1, -0.05) is 25.1 Å². The average molecular weight is 366 g/mol. The number of para-hydroxylation sites is 1. The second kappa shape index (κ2) is 7.95. The molecule has 3 rings (SSSR count). The zero-order valence-electron chi connectivity index (χ0n) is 15.6. The molecule has 1 aromatic carbocycles. The number of rotatable bonds is 6. The molecule has 140 valence electrons. The van der Waals surface area contributed by atoms with Crippen molar-refractivity contribution in [2.45, 2.75) is 26.8 Å². The highest BCUT2D eigenvalue weighted by Crippen LogP contribution is 2.25. The normalized spacial score (nSPS) is 10.6. The molecule has 0 spiro atoms. The van der Waals surface area contributed by atoms with Crippen LogP contribution < -0.4 is 5.32 Å². The van der Waals surface area contributed by atoms with Crippen LogP contribution in [0.3, 0.4) is 0 Å². The van der Waals surface area contributed by atoms with Gasteiger partial charge in [-0.2, -0.15) is 0 Å². The third-order valence-corrected chi connectivity index (χ3v) is 4.45. The van der Waals surface area contributed by atoms with Gasteiger partial charge in [-0.05, 0) is 48.7 Å². The van der Waals surface area contributed by atoms with Gasteiger partial charge in [0.25, 0.3) is 0 Å². The number of furan rings is 1. The zero-order chi connectivity index (χ0) is 19.4. The van der Waals surface area contributed by atoms with Gasteiger partial charge in [-0.3, -0.25) is 4.79 Å². The van der Waals surface area contributed by atoms with Gasteiger partial charge in [0.2, 0.25) is 5.91 Å². The number of hydrogen-bond acceptors (Lipinski definition) is 4. The first-order valence-corrected chi connectivity index (χ1v) is 8.75. The second-order valence-electron chi connectivity index (χ2n) is 6.17. The molecule has 6 nitrogen and oxygen atoms in total. The highest BCUT2D eigenvalue weighted by atomic mass is 16.5. The summed E-state index contributed by atoms with van der Waals surface area (Å²) in [6.45, 7) is 3.96. The smallest absolute Gasteiger partial charge is 0.354 e. The molecule has 0 aliphatic heterocycles. The lowest BCUT2D eigenvalue weighted by molar-refractivity contribution is -0.116. The van der Waals surface area contributed by atoms with Gasteiger partial charge in [0.15, 0.2) is 0 Å². The summed E-state index contributed by atoms with van der Waals surface area (Å²) >= 11 is 0. The van der Waals surface area contributed by atoms with E-state index in [1.54, 1.807) is 35.1 Å². The lowest BCUT2D eigenvalue weighted by atomic mass is 10.1. The molecule has 0 saturated carbocycles. The summed E-state index contributed by atoms with van der Waals surface area (Å²) < 4.78 is 11.9. The highest BCUT2D eigenvalue weighted by molar-refractivity contribution is 5.94. The summed E-state index contributed by atoms with van der Waals surface area (Å²) in [5, 5.41) is 2.98. The van der Waals surface area contributed by atoms with Gasteiger partial charge >= 0.3 is 5.97 Å². The van der Waals surface area contributed by atoms with Gasteiger partial charge in [0, 0.05) is 5.69 Å². The number of carbonyl (C=O) groups is 2. The van der Waals surface area contributed by atoms with Gasteiger partial charge < -0.3 is 19.0 Å². The molecule has 1 N–H and O–H groups in total. The van der Waals surface area contributed by atoms with Crippen LogP contribution in [0, 0.1) is 6.92 Å². The number of anilines is 1. The van der Waals surface area contributed by atoms with Crippen molar-refractivity contribution >= 4 is 17.6 Å². The Hall–Kier alpha value is -3.28. The third kappa shape index (κ3) is 3.79. The maximum absolute atomic E-state index is 12.8. The molecule has 0 aliphatic carbocycles. The Kier molecular flexibility index (Phi) is 5.45. The number of hydrogen-bond donors (Lipinski definition) is 1. The number of ether oxygens (including phenoxy) is 1. The maximum atomic E-state index is 12.8. The molecule has 0 aliphatic rings. The van der Waals surface area contributed by atoms with Crippen molar-refractivity contribution < 1.29 is 18.7 Å². The lowest BCUT2D eigenvalue weighted by Crippen LogP contribution is -2.23. The van der Waals surface area contributed by atoms with Crippen LogP contribution in [0.2, 0.25) is 0 Å². The van der Waals surface area contributed by atoms with Crippen molar-refractivity contribution in [3.05, 3.63) is 65.5 Å². The largest absolute Gasteiger partial charge is 0.464 e. The predicted octanol–water partition coefficient (Wildman–Crippen LogP) is 4.04. The summed E-state index contributed by atoms with van der Waals surface area (Å²) in [4.78, 5) is 24.9. The molecule has 0 unspecified atom stereocenters. The number of esters is 1. The molecular weight excluding hydrogens is 344 g/mol. The SMILES string of the molecule is CCc1cccc(C)c1NC(=O)Cn1c(C(=O)OC)ccc1-c1ccco1. The number of nitrogens with zero attached hydrogens (tertiary/aromatic N) is 1. The average Bonchev–Trinajstić information content (AvgIpc) is 3.32. The van der Waals surface area contributed by atoms with Crippen LogP contribution in [0.25, 0.3) is 11.5 Å². The van der Waals surface area contributed by atoms with Crippen molar-refractivity contribution in [1.29, 1.82) is 0 Å². The Morgan fingerprint density at radius 3 is 2.63 bits per heavy atom. The fourth-order valence-electron chi connectivity index (χ4n) is 3.08. The Morgan fingerprint density at radius 1 is 1.15 bits per heavy atom. The van der Waals surface area contributed by atoms with E-state index in [0.717, 1.165) is 23.2 Å². The molecule has 0 atom stereocenters. The highest BCUT2D eigenvalue weighted by Gasteiger charge is 2.20. The quantitative estimate of drug-likeness (QED) is 0.668. The number of carbonyl (C=O) groups excluding carboxylic acids is 2. The molecular formula is C21H22N2O4. The van der Waals surface area contributed by atoms with E-state index in [2.05, 4.69) is 5.32 Å². The van der Waals surface area contributed by atoms with E-state index >= 15 is 0 Å². The molecule has 2 heterocycles. The van der Waals surface area contributed by atoms with Crippen LogP contribution in [-0.2, 0) is 22.5 Å². The van der Waals surface area contributed by atoms with E-state index in [0.29, 0.717) is 17.1 Å². The van der Waals surface area contributed by atoms with Gasteiger partial charge in [0.05, 0.1) is 19.1 Å². The fraction of sp³-hybridized carbons (Fsp3) is 0.238. The Labute approximate surface area is 157 Å². The van der Waals surface area contributed by atoms with Crippen LogP contribution >= 0.6 is 0 Å². The molecule has 6 heteroatoms. The molecule has 3 aromatic rings. The molecule has 0 radical (unpaired) electrons. The minimum Gasteiger partial charge on any atom is -0.464 e. The van der Waals surface area contributed by atoms with E-state index in [1.807, 2.05) is 32.0 Å². The summed E-state index contributed by atoms with van der Waals surface area (Å²) in [6.07, 6.45) is 2.36. The maximum Gasteiger partial charge on any atom is 0.354 e. The van der Waals surface area contributed by atoms with Crippen LogP contribution in [-0.4, -0.2) is 23.6 Å². The molecule has 0 saturated heterocycles. The molecule has 27 heavy (non-hydrogen) atoms. The number of benzene rings is 1. The monoisotopic (exact) mass is 366 g/mol. The summed E-state index contributed by atoms with van der Waals surface area (Å²) in [7, 11) is 1.31. The van der Waals surface area contributed by atoms with Crippen molar-refractivity contribution in [2.75, 3.05) is 12.4 Å². The van der Waals surface area contributed by atoms with Crippen LogP contribution in [0.15, 0.2) is 53.1 Å². The van der Waals surface area contributed by atoms with Crippen molar-refractivity contribution in [3.8, 4) is 11.5 Å². The molecule has 0 bridgehead atoms. The zero-order valence-corrected chi connectivity index (χ0v) is 15.6. The van der Waals surface area contributed by atoms with E-state index in [-0.39, 0.29) is 12.5 Å². The first-order valence-electron chi connectivity index (χ1n) is 8.75. The number of aromatic nitrogens is 1. The number of nitrogens with one attached hydrogen (secondary N) is 1. The molecule has 2 aromatic heterocycles. The molecule has 0 fully saturated rings. The lowest BCUT2D eigenvalue weighted by Gasteiger charge is -2.15. The first-order chi connectivity index (χ1) is 13.0. The van der Waals surface area contributed by atoms with Gasteiger partial charge in [0.1, 0.15) is 18.0 Å². The number of aryl methyl sites for hydroxylation is 2. The van der Waals surface area contributed by atoms with E-state index in [4.69, 9.17) is 9.15 Å². The fourth-order valence-corrected chi connectivity index (χ4v) is 3.08. The predicted molar refractivity (Wildman–Crippen MR) is 103 cm³/mol. The van der Waals surface area contributed by atoms with Crippen LogP contribution in [0.1, 0.15) is 28.5 Å². The standard InChI is InChI=1S/C21H22N2O4/c1-4-15-8-5-7-14(2)20(15)22-19(24)13-23-16(18-9-6-12-27-18)10-11-17(23)21(25)26-3/h5-12H,4,13H2,1-3H3,(H,22,24). The van der Waals surface area contributed by atoms with Crippen molar-refractivity contribution in [2.24, 2.45) is 0 Å². The summed E-state index contributed by atoms with van der Waals surface area (Å²) in [5.41, 5.74) is 3.80. The van der Waals surface area contributed by atoms with Gasteiger partial charge in [-0.25, -0.2) is 4.79 Å². The van der Waals surface area contributed by atoms with E-state index in [9.17, 15) is 9.59 Å². The summed E-state index contributed by atoms with van der Waals surface area (Å²) in [5.74, 6) is -0.165. The summed E-state index contributed by atoms with van der Waals surface area (Å²) in [6, 6.07) is 12.8. The third-order valence-electron chi connectivity index (χ3n) is 4.45. The molecule has 1 amide bonds. The minimum atomic E-state index is -0.509. The van der Waals surface area contributed by atoms with E-state index < -0.39 is 5.97 Å². The topological polar surface area (TPSA) is 73.5 Å². The number of amides is 1. The Bertz CT molecular complexity index is 955.